The van der Waals surface area contributed by atoms with Gasteiger partial charge in [0.15, 0.2) is 5.76 Å². The van der Waals surface area contributed by atoms with Crippen molar-refractivity contribution in [1.29, 1.82) is 0 Å². The summed E-state index contributed by atoms with van der Waals surface area (Å²) in [6.07, 6.45) is 4.48. The smallest absolute Gasteiger partial charge is 0.354 e. The van der Waals surface area contributed by atoms with Crippen molar-refractivity contribution < 1.29 is 23.5 Å². The van der Waals surface area contributed by atoms with Gasteiger partial charge in [-0.25, -0.2) is 4.79 Å². The molecule has 152 valence electrons. The monoisotopic (exact) mass is 396 g/mol. The van der Waals surface area contributed by atoms with Crippen LogP contribution in [0.4, 0.5) is 0 Å². The fraction of sp³-hybridized carbons (Fsp3) is 0.364. The number of fused-ring (bicyclic) bond motifs is 3. The van der Waals surface area contributed by atoms with Crippen LogP contribution in [0.1, 0.15) is 40.5 Å². The van der Waals surface area contributed by atoms with Crippen LogP contribution in [0.2, 0.25) is 0 Å². The Morgan fingerprint density at radius 2 is 2.00 bits per heavy atom. The fourth-order valence-corrected chi connectivity index (χ4v) is 3.88. The van der Waals surface area contributed by atoms with E-state index < -0.39 is 0 Å². The summed E-state index contributed by atoms with van der Waals surface area (Å²) in [5, 5.41) is 3.99. The van der Waals surface area contributed by atoms with E-state index >= 15 is 0 Å². The molecule has 0 aliphatic heterocycles. The number of hydrogen-bond donors (Lipinski definition) is 0. The zero-order valence-corrected chi connectivity index (χ0v) is 16.9. The van der Waals surface area contributed by atoms with E-state index in [1.165, 1.54) is 0 Å². The Morgan fingerprint density at radius 1 is 1.17 bits per heavy atom. The molecular weight excluding hydrogens is 372 g/mol. The summed E-state index contributed by atoms with van der Waals surface area (Å²) >= 11 is 0. The van der Waals surface area contributed by atoms with Crippen molar-refractivity contribution in [2.45, 2.75) is 32.7 Å². The van der Waals surface area contributed by atoms with Crippen molar-refractivity contribution in [2.24, 2.45) is 0 Å². The highest BCUT2D eigenvalue weighted by Gasteiger charge is 2.28. The minimum absolute atomic E-state index is 0.310. The lowest BCUT2D eigenvalue weighted by atomic mass is 10.1. The lowest BCUT2D eigenvalue weighted by molar-refractivity contribution is 0.0514. The average molecular weight is 396 g/mol. The zero-order chi connectivity index (χ0) is 20.4. The third kappa shape index (κ3) is 3.48. The quantitative estimate of drug-likeness (QED) is 0.589. The predicted octanol–water partition coefficient (Wildman–Crippen LogP) is 3.87. The summed E-state index contributed by atoms with van der Waals surface area (Å²) in [6, 6.07) is 7.54. The molecule has 29 heavy (non-hydrogen) atoms. The van der Waals surface area contributed by atoms with Crippen LogP contribution < -0.4 is 9.47 Å². The molecule has 0 spiro atoms. The maximum absolute atomic E-state index is 12.7. The van der Waals surface area contributed by atoms with E-state index in [2.05, 4.69) is 5.16 Å². The van der Waals surface area contributed by atoms with E-state index in [0.717, 1.165) is 58.9 Å². The van der Waals surface area contributed by atoms with Gasteiger partial charge in [0.2, 0.25) is 0 Å². The molecule has 7 heteroatoms. The van der Waals surface area contributed by atoms with E-state index in [1.807, 2.05) is 28.8 Å². The van der Waals surface area contributed by atoms with Gasteiger partial charge in [-0.1, -0.05) is 5.16 Å². The molecule has 0 fully saturated rings. The molecule has 2 heterocycles. The number of aryl methyl sites for hydroxylation is 2. The Kier molecular flexibility index (Phi) is 5.29. The number of methoxy groups -OCH3 is 2. The Bertz CT molecular complexity index is 1030. The third-order valence-corrected chi connectivity index (χ3v) is 5.23. The molecule has 0 N–H and O–H groups in total. The van der Waals surface area contributed by atoms with E-state index in [1.54, 1.807) is 27.3 Å². The lowest BCUT2D eigenvalue weighted by Crippen LogP contribution is -2.14. The van der Waals surface area contributed by atoms with Crippen LogP contribution in [0.3, 0.4) is 0 Å². The predicted molar refractivity (Wildman–Crippen MR) is 107 cm³/mol. The summed E-state index contributed by atoms with van der Waals surface area (Å²) in [6.45, 7) is 2.52. The van der Waals surface area contributed by atoms with Crippen LogP contribution in [-0.2, 0) is 24.1 Å². The molecule has 0 atom stereocenters. The van der Waals surface area contributed by atoms with Gasteiger partial charge in [-0.05, 0) is 56.0 Å². The van der Waals surface area contributed by atoms with Gasteiger partial charge in [0.1, 0.15) is 17.2 Å². The van der Waals surface area contributed by atoms with E-state index in [9.17, 15) is 4.79 Å². The van der Waals surface area contributed by atoms with Crippen LogP contribution in [0.25, 0.3) is 11.5 Å². The van der Waals surface area contributed by atoms with E-state index in [-0.39, 0.29) is 5.97 Å². The summed E-state index contributed by atoms with van der Waals surface area (Å²) < 4.78 is 23.8. The molecule has 1 aliphatic rings. The van der Waals surface area contributed by atoms with Gasteiger partial charge >= 0.3 is 5.97 Å². The summed E-state index contributed by atoms with van der Waals surface area (Å²) in [5.74, 6) is 1.80. The van der Waals surface area contributed by atoms with Crippen molar-refractivity contribution in [3.05, 3.63) is 52.8 Å². The first kappa shape index (κ1) is 19.1. The second-order valence-corrected chi connectivity index (χ2v) is 6.92. The second-order valence-electron chi connectivity index (χ2n) is 6.92. The summed E-state index contributed by atoms with van der Waals surface area (Å²) in [7, 11) is 3.25. The first-order valence-electron chi connectivity index (χ1n) is 9.70. The Morgan fingerprint density at radius 3 is 2.76 bits per heavy atom. The van der Waals surface area contributed by atoms with Gasteiger partial charge in [0.05, 0.1) is 39.3 Å². The molecule has 0 saturated carbocycles. The van der Waals surface area contributed by atoms with E-state index in [4.69, 9.17) is 18.7 Å². The lowest BCUT2D eigenvalue weighted by Gasteiger charge is -2.16. The number of aromatic nitrogens is 2. The number of hydrogen-bond acceptors (Lipinski definition) is 6. The first-order valence-corrected chi connectivity index (χ1v) is 9.70. The first-order chi connectivity index (χ1) is 14.2. The maximum atomic E-state index is 12.7. The number of benzene rings is 1. The molecule has 3 aromatic rings. The molecular formula is C22H24N2O5. The number of nitrogens with zero attached hydrogens (tertiary/aromatic N) is 2. The molecule has 1 aliphatic carbocycles. The molecule has 0 amide bonds. The molecule has 4 rings (SSSR count). The highest BCUT2D eigenvalue weighted by Crippen LogP contribution is 2.37. The molecule has 0 saturated heterocycles. The van der Waals surface area contributed by atoms with Gasteiger partial charge in [-0.2, -0.15) is 0 Å². The van der Waals surface area contributed by atoms with Crippen molar-refractivity contribution in [3.63, 3.8) is 0 Å². The molecule has 2 aromatic heterocycles. The highest BCUT2D eigenvalue weighted by atomic mass is 16.5. The van der Waals surface area contributed by atoms with Gasteiger partial charge in [0.25, 0.3) is 0 Å². The normalized spacial score (nSPS) is 12.7. The van der Waals surface area contributed by atoms with Crippen molar-refractivity contribution in [1.82, 2.24) is 9.72 Å². The maximum Gasteiger partial charge on any atom is 0.354 e. The van der Waals surface area contributed by atoms with Crippen molar-refractivity contribution in [3.8, 4) is 23.0 Å². The molecule has 0 unspecified atom stereocenters. The number of rotatable bonds is 6. The largest absolute Gasteiger partial charge is 0.497 e. The van der Waals surface area contributed by atoms with Crippen LogP contribution in [0, 0.1) is 0 Å². The Labute approximate surface area is 169 Å². The van der Waals surface area contributed by atoms with Crippen LogP contribution in [0.15, 0.2) is 35.0 Å². The zero-order valence-electron chi connectivity index (χ0n) is 16.9. The molecule has 0 radical (unpaired) electrons. The summed E-state index contributed by atoms with van der Waals surface area (Å²) in [5.41, 5.74) is 4.37. The van der Waals surface area contributed by atoms with Crippen LogP contribution in [-0.4, -0.2) is 36.5 Å². The molecule has 7 nitrogen and oxygen atoms in total. The summed E-state index contributed by atoms with van der Waals surface area (Å²) in [4.78, 5) is 12.7. The highest BCUT2D eigenvalue weighted by molar-refractivity contribution is 5.90. The molecule has 1 aromatic carbocycles. The van der Waals surface area contributed by atoms with Crippen LogP contribution in [0.5, 0.6) is 11.5 Å². The SMILES string of the molecule is CCOC(=O)c1cc2c(n1Cc1cc(OC)ccc1OC)-c1oncc1CCC2. The van der Waals surface area contributed by atoms with Crippen molar-refractivity contribution >= 4 is 5.97 Å². The topological polar surface area (TPSA) is 75.7 Å². The molecule has 0 bridgehead atoms. The number of esters is 1. The van der Waals surface area contributed by atoms with Crippen LogP contribution >= 0.6 is 0 Å². The number of carbonyl (C=O) groups is 1. The van der Waals surface area contributed by atoms with Gasteiger partial charge in [0, 0.05) is 11.1 Å². The fourth-order valence-electron chi connectivity index (χ4n) is 3.88. The van der Waals surface area contributed by atoms with Gasteiger partial charge < -0.3 is 23.3 Å². The van der Waals surface area contributed by atoms with Gasteiger partial charge in [-0.3, -0.25) is 0 Å². The standard InChI is InChI=1S/C22H24N2O5/c1-4-28-22(25)18-11-14-6-5-7-15-12-23-29-21(15)20(14)24(18)13-16-10-17(26-2)8-9-19(16)27-3/h8-12H,4-7,13H2,1-3H3. The average Bonchev–Trinajstić information content (AvgIpc) is 3.28. The second kappa shape index (κ2) is 8.03. The number of carbonyl (C=O) groups excluding carboxylic acids is 1. The van der Waals surface area contributed by atoms with E-state index in [0.29, 0.717) is 18.8 Å². The third-order valence-electron chi connectivity index (χ3n) is 5.23. The Hall–Kier alpha value is -3.22. The minimum atomic E-state index is -0.358. The van der Waals surface area contributed by atoms with Crippen molar-refractivity contribution in [2.75, 3.05) is 20.8 Å². The number of ether oxygens (including phenoxy) is 3. The minimum Gasteiger partial charge on any atom is -0.497 e. The Balaban J connectivity index is 1.89. The van der Waals surface area contributed by atoms with Gasteiger partial charge in [-0.15, -0.1) is 0 Å².